The molecule has 0 spiro atoms. The predicted octanol–water partition coefficient (Wildman–Crippen LogP) is 4.38. The highest BCUT2D eigenvalue weighted by molar-refractivity contribution is 5.95. The molecule has 33 heavy (non-hydrogen) atoms. The molecule has 2 heterocycles. The largest absolute Gasteiger partial charge is 0.337 e. The van der Waals surface area contributed by atoms with Crippen LogP contribution in [0.4, 0.5) is 10.1 Å². The summed E-state index contributed by atoms with van der Waals surface area (Å²) in [6.07, 6.45) is 5.03. The van der Waals surface area contributed by atoms with Crippen molar-refractivity contribution in [2.75, 3.05) is 18.4 Å². The monoisotopic (exact) mass is 446 g/mol. The summed E-state index contributed by atoms with van der Waals surface area (Å²) < 4.78 is 15.2. The fourth-order valence-corrected chi connectivity index (χ4v) is 4.83. The third-order valence-electron chi connectivity index (χ3n) is 6.65. The van der Waals surface area contributed by atoms with Crippen LogP contribution in [0.25, 0.3) is 5.69 Å². The van der Waals surface area contributed by atoms with Crippen LogP contribution < -0.4 is 5.32 Å². The Morgan fingerprint density at radius 2 is 1.64 bits per heavy atom. The average Bonchev–Trinajstić information content (AvgIpc) is 3.24. The third kappa shape index (κ3) is 4.40. The Balaban J connectivity index is 1.30. The number of fused-ring (bicyclic) bond motifs is 1. The molecule has 0 atom stereocenters. The first-order valence-electron chi connectivity index (χ1n) is 11.6. The van der Waals surface area contributed by atoms with Crippen LogP contribution in [-0.4, -0.2) is 39.6 Å². The van der Waals surface area contributed by atoms with Crippen molar-refractivity contribution in [2.45, 2.75) is 38.5 Å². The van der Waals surface area contributed by atoms with Gasteiger partial charge in [0.2, 0.25) is 5.91 Å². The van der Waals surface area contributed by atoms with E-state index in [1.807, 2.05) is 35.2 Å². The Hall–Kier alpha value is -3.48. The van der Waals surface area contributed by atoms with Crippen LogP contribution in [0, 0.1) is 11.7 Å². The molecular formula is C26H27FN4O2. The molecule has 2 aromatic carbocycles. The highest BCUT2D eigenvalue weighted by Gasteiger charge is 2.32. The number of carbonyl (C=O) groups excluding carboxylic acids is 2. The second kappa shape index (κ2) is 9.17. The standard InChI is InChI=1S/C26H27FN4O2/c27-19-10-12-21(13-11-19)31-23-9-5-4-8-22(23)24(29-31)26(33)30-16-14-18(15-17-30)25(32)28-20-6-2-1-3-7-20/h1-3,6-7,10-13,18H,4-5,8-9,14-17H2,(H,28,32). The highest BCUT2D eigenvalue weighted by atomic mass is 19.1. The van der Waals surface area contributed by atoms with Crippen molar-refractivity contribution in [1.29, 1.82) is 0 Å². The molecule has 2 amide bonds. The molecule has 7 heteroatoms. The van der Waals surface area contributed by atoms with Gasteiger partial charge in [0.25, 0.3) is 5.91 Å². The number of rotatable bonds is 4. The minimum Gasteiger partial charge on any atom is -0.337 e. The molecule has 170 valence electrons. The molecule has 6 nitrogen and oxygen atoms in total. The summed E-state index contributed by atoms with van der Waals surface area (Å²) >= 11 is 0. The van der Waals surface area contributed by atoms with E-state index in [1.165, 1.54) is 12.1 Å². The number of halogens is 1. The Morgan fingerprint density at radius 3 is 2.36 bits per heavy atom. The topological polar surface area (TPSA) is 67.2 Å². The van der Waals surface area contributed by atoms with Crippen molar-refractivity contribution in [3.05, 3.63) is 77.4 Å². The minimum absolute atomic E-state index is 0.00580. The molecule has 0 saturated carbocycles. The normalized spacial score (nSPS) is 16.3. The number of amides is 2. The molecule has 1 fully saturated rings. The lowest BCUT2D eigenvalue weighted by molar-refractivity contribution is -0.121. The second-order valence-corrected chi connectivity index (χ2v) is 8.79. The SMILES string of the molecule is O=C(Nc1ccccc1)C1CCN(C(=O)c2nn(-c3ccc(F)cc3)c3c2CCCC3)CC1. The number of hydrogen-bond acceptors (Lipinski definition) is 3. The molecule has 5 rings (SSSR count). The molecule has 1 aliphatic heterocycles. The molecule has 1 aromatic heterocycles. The first-order valence-corrected chi connectivity index (χ1v) is 11.6. The van der Waals surface area contributed by atoms with E-state index in [1.54, 1.807) is 16.8 Å². The van der Waals surface area contributed by atoms with Crippen LogP contribution >= 0.6 is 0 Å². The zero-order chi connectivity index (χ0) is 22.8. The lowest BCUT2D eigenvalue weighted by Crippen LogP contribution is -2.42. The summed E-state index contributed by atoms with van der Waals surface area (Å²) in [5, 5.41) is 7.67. The number of piperidine rings is 1. The number of anilines is 1. The molecule has 2 aliphatic rings. The summed E-state index contributed by atoms with van der Waals surface area (Å²) in [4.78, 5) is 27.9. The van der Waals surface area contributed by atoms with Gasteiger partial charge in [0.05, 0.1) is 5.69 Å². The second-order valence-electron chi connectivity index (χ2n) is 8.79. The summed E-state index contributed by atoms with van der Waals surface area (Å²) in [5.41, 5.74) is 4.12. The van der Waals surface area contributed by atoms with Crippen LogP contribution in [-0.2, 0) is 17.6 Å². The maximum atomic E-state index is 13.4. The smallest absolute Gasteiger partial charge is 0.274 e. The van der Waals surface area contributed by atoms with Crippen molar-refractivity contribution < 1.29 is 14.0 Å². The number of nitrogens with zero attached hydrogens (tertiary/aromatic N) is 3. The minimum atomic E-state index is -0.296. The molecule has 0 radical (unpaired) electrons. The van der Waals surface area contributed by atoms with Crippen LogP contribution in [0.5, 0.6) is 0 Å². The van der Waals surface area contributed by atoms with Crippen LogP contribution in [0.15, 0.2) is 54.6 Å². The zero-order valence-electron chi connectivity index (χ0n) is 18.5. The van der Waals surface area contributed by atoms with E-state index in [4.69, 9.17) is 5.10 Å². The van der Waals surface area contributed by atoms with Crippen LogP contribution in [0.1, 0.15) is 47.4 Å². The van der Waals surface area contributed by atoms with Gasteiger partial charge in [-0.3, -0.25) is 9.59 Å². The Kier molecular flexibility index (Phi) is 5.94. The van der Waals surface area contributed by atoms with Gasteiger partial charge < -0.3 is 10.2 Å². The average molecular weight is 447 g/mol. The molecule has 1 N–H and O–H groups in total. The van der Waals surface area contributed by atoms with E-state index in [9.17, 15) is 14.0 Å². The van der Waals surface area contributed by atoms with E-state index >= 15 is 0 Å². The predicted molar refractivity (Wildman–Crippen MR) is 124 cm³/mol. The fourth-order valence-electron chi connectivity index (χ4n) is 4.83. The van der Waals surface area contributed by atoms with E-state index in [2.05, 4.69) is 5.32 Å². The quantitative estimate of drug-likeness (QED) is 0.647. The maximum Gasteiger partial charge on any atom is 0.274 e. The first kappa shape index (κ1) is 21.4. The zero-order valence-corrected chi connectivity index (χ0v) is 18.5. The molecular weight excluding hydrogens is 419 g/mol. The molecule has 3 aromatic rings. The van der Waals surface area contributed by atoms with Gasteiger partial charge in [-0.25, -0.2) is 9.07 Å². The number of benzene rings is 2. The van der Waals surface area contributed by atoms with E-state index in [-0.39, 0.29) is 23.5 Å². The molecule has 0 bridgehead atoms. The summed E-state index contributed by atoms with van der Waals surface area (Å²) in [7, 11) is 0. The van der Waals surface area contributed by atoms with Crippen molar-refractivity contribution >= 4 is 17.5 Å². The van der Waals surface area contributed by atoms with Gasteiger partial charge in [-0.05, 0) is 74.9 Å². The number of nitrogens with one attached hydrogen (secondary N) is 1. The maximum absolute atomic E-state index is 13.4. The number of para-hydroxylation sites is 1. The Bertz CT molecular complexity index is 1150. The lowest BCUT2D eigenvalue weighted by atomic mass is 9.93. The Labute approximate surface area is 192 Å². The number of carbonyl (C=O) groups is 2. The van der Waals surface area contributed by atoms with Crippen LogP contribution in [0.3, 0.4) is 0 Å². The first-order chi connectivity index (χ1) is 16.1. The van der Waals surface area contributed by atoms with E-state index < -0.39 is 0 Å². The molecule has 0 unspecified atom stereocenters. The lowest BCUT2D eigenvalue weighted by Gasteiger charge is -2.31. The number of hydrogen-bond donors (Lipinski definition) is 1. The molecule has 1 aliphatic carbocycles. The Morgan fingerprint density at radius 1 is 0.939 bits per heavy atom. The van der Waals surface area contributed by atoms with Gasteiger partial charge in [-0.15, -0.1) is 0 Å². The van der Waals surface area contributed by atoms with Gasteiger partial charge in [0, 0.05) is 36.0 Å². The van der Waals surface area contributed by atoms with E-state index in [0.717, 1.165) is 48.3 Å². The van der Waals surface area contributed by atoms with Gasteiger partial charge >= 0.3 is 0 Å². The van der Waals surface area contributed by atoms with Crippen molar-refractivity contribution in [1.82, 2.24) is 14.7 Å². The van der Waals surface area contributed by atoms with Crippen molar-refractivity contribution in [2.24, 2.45) is 5.92 Å². The van der Waals surface area contributed by atoms with Gasteiger partial charge in [-0.1, -0.05) is 18.2 Å². The van der Waals surface area contributed by atoms with Gasteiger partial charge in [0.1, 0.15) is 5.82 Å². The number of aromatic nitrogens is 2. The molecule has 1 saturated heterocycles. The van der Waals surface area contributed by atoms with Gasteiger partial charge in [0.15, 0.2) is 5.69 Å². The summed E-state index contributed by atoms with van der Waals surface area (Å²) in [6.45, 7) is 1.06. The third-order valence-corrected chi connectivity index (χ3v) is 6.65. The van der Waals surface area contributed by atoms with E-state index in [0.29, 0.717) is 31.6 Å². The number of likely N-dealkylation sites (tertiary alicyclic amines) is 1. The van der Waals surface area contributed by atoms with Crippen molar-refractivity contribution in [3.63, 3.8) is 0 Å². The van der Waals surface area contributed by atoms with Crippen molar-refractivity contribution in [3.8, 4) is 5.69 Å². The fraction of sp³-hybridized carbons (Fsp3) is 0.346. The summed E-state index contributed by atoms with van der Waals surface area (Å²) in [5.74, 6) is -0.475. The van der Waals surface area contributed by atoms with Gasteiger partial charge in [-0.2, -0.15) is 5.10 Å². The highest BCUT2D eigenvalue weighted by Crippen LogP contribution is 2.29. The van der Waals surface area contributed by atoms with Crippen LogP contribution in [0.2, 0.25) is 0 Å². The summed E-state index contributed by atoms with van der Waals surface area (Å²) in [6, 6.07) is 15.7.